The molecule has 114 valence electrons. The smallest absolute Gasteiger partial charge is 0.229 e. The first-order valence-corrected chi connectivity index (χ1v) is 7.88. The first-order valence-electron chi connectivity index (χ1n) is 7.88. The van der Waals surface area contributed by atoms with Crippen molar-refractivity contribution in [2.24, 2.45) is 0 Å². The number of rotatable bonds is 4. The Morgan fingerprint density at radius 1 is 1.18 bits per heavy atom. The minimum atomic E-state index is -0.130. The summed E-state index contributed by atoms with van der Waals surface area (Å²) in [6.07, 6.45) is 5.64. The van der Waals surface area contributed by atoms with Gasteiger partial charge in [-0.15, -0.1) is 0 Å². The van der Waals surface area contributed by atoms with Gasteiger partial charge in [-0.2, -0.15) is 0 Å². The lowest BCUT2D eigenvalue weighted by Gasteiger charge is -2.42. The van der Waals surface area contributed by atoms with Crippen molar-refractivity contribution in [3.05, 3.63) is 66.0 Å². The maximum atomic E-state index is 12.6. The van der Waals surface area contributed by atoms with E-state index in [-0.39, 0.29) is 11.8 Å². The normalized spacial score (nSPS) is 21.7. The van der Waals surface area contributed by atoms with Crippen LogP contribution < -0.4 is 0 Å². The van der Waals surface area contributed by atoms with E-state index in [9.17, 15) is 4.79 Å². The molecule has 1 aromatic carbocycles. The monoisotopic (exact) mass is 294 g/mol. The van der Waals surface area contributed by atoms with Crippen LogP contribution in [0.3, 0.4) is 0 Å². The Morgan fingerprint density at radius 2 is 1.91 bits per heavy atom. The van der Waals surface area contributed by atoms with Crippen molar-refractivity contribution in [3.8, 4) is 0 Å². The molecule has 1 fully saturated rings. The highest BCUT2D eigenvalue weighted by Gasteiger charge is 2.36. The zero-order chi connectivity index (χ0) is 15.5. The van der Waals surface area contributed by atoms with Crippen molar-refractivity contribution < 1.29 is 4.79 Å². The van der Waals surface area contributed by atoms with Gasteiger partial charge in [0.05, 0.1) is 5.92 Å². The van der Waals surface area contributed by atoms with Crippen molar-refractivity contribution in [2.45, 2.75) is 37.6 Å². The number of nitrogens with zero attached hydrogens (tertiary/aromatic N) is 2. The maximum absolute atomic E-state index is 12.6. The Morgan fingerprint density at radius 3 is 2.55 bits per heavy atom. The fraction of sp³-hybridized carbons (Fsp3) is 0.368. The van der Waals surface area contributed by atoms with E-state index in [0.717, 1.165) is 18.4 Å². The summed E-state index contributed by atoms with van der Waals surface area (Å²) in [5, 5.41) is 0. The predicted molar refractivity (Wildman–Crippen MR) is 87.6 cm³/mol. The molecule has 3 heteroatoms. The lowest BCUT2D eigenvalue weighted by atomic mass is 9.75. The molecule has 3 rings (SSSR count). The van der Waals surface area contributed by atoms with Crippen LogP contribution in [0.4, 0.5) is 0 Å². The molecular formula is C19H22N2O. The molecule has 1 aliphatic rings. The van der Waals surface area contributed by atoms with Crippen LogP contribution in [0.25, 0.3) is 0 Å². The molecule has 1 saturated carbocycles. The number of carbonyl (C=O) groups excluding carboxylic acids is 1. The summed E-state index contributed by atoms with van der Waals surface area (Å²) in [6.45, 7) is 1.96. The summed E-state index contributed by atoms with van der Waals surface area (Å²) in [7, 11) is 1.93. The molecule has 22 heavy (non-hydrogen) atoms. The van der Waals surface area contributed by atoms with Gasteiger partial charge >= 0.3 is 0 Å². The highest BCUT2D eigenvalue weighted by molar-refractivity contribution is 5.83. The van der Waals surface area contributed by atoms with Gasteiger partial charge in [0.25, 0.3) is 0 Å². The molecule has 1 atom stereocenters. The van der Waals surface area contributed by atoms with Crippen LogP contribution in [0.15, 0.2) is 54.9 Å². The standard InChI is InChI=1S/C19H22N2O/c1-14(16-9-6-10-20-13-16)19(22)21(2)18-11-17(12-18)15-7-4-3-5-8-15/h3-10,13-14,17-18H,11-12H2,1-2H3. The molecule has 0 saturated heterocycles. The Hall–Kier alpha value is -2.16. The molecular weight excluding hydrogens is 272 g/mol. The zero-order valence-electron chi connectivity index (χ0n) is 13.1. The number of aromatic nitrogens is 1. The number of carbonyl (C=O) groups is 1. The summed E-state index contributed by atoms with van der Waals surface area (Å²) in [4.78, 5) is 18.7. The molecule has 3 nitrogen and oxygen atoms in total. The van der Waals surface area contributed by atoms with E-state index < -0.39 is 0 Å². The summed E-state index contributed by atoms with van der Waals surface area (Å²) in [5.74, 6) is 0.647. The van der Waals surface area contributed by atoms with Gasteiger partial charge in [-0.25, -0.2) is 0 Å². The second-order valence-corrected chi connectivity index (χ2v) is 6.19. The SMILES string of the molecule is CC(C(=O)N(C)C1CC(c2ccccc2)C1)c1cccnc1. The number of hydrogen-bond acceptors (Lipinski definition) is 2. The van der Waals surface area contributed by atoms with E-state index in [4.69, 9.17) is 0 Å². The van der Waals surface area contributed by atoms with Gasteiger partial charge in [-0.05, 0) is 42.9 Å². The van der Waals surface area contributed by atoms with Gasteiger partial charge in [-0.3, -0.25) is 9.78 Å². The lowest BCUT2D eigenvalue weighted by Crippen LogP contribution is -2.46. The second kappa shape index (κ2) is 6.30. The molecule has 0 aliphatic heterocycles. The average Bonchev–Trinajstić information content (AvgIpc) is 2.54. The Kier molecular flexibility index (Phi) is 4.23. The molecule has 0 bridgehead atoms. The molecule has 0 spiro atoms. The minimum Gasteiger partial charge on any atom is -0.342 e. The third kappa shape index (κ3) is 2.89. The van der Waals surface area contributed by atoms with Gasteiger partial charge in [0, 0.05) is 25.5 Å². The molecule has 1 amide bonds. The quantitative estimate of drug-likeness (QED) is 0.863. The van der Waals surface area contributed by atoms with Gasteiger partial charge < -0.3 is 4.90 Å². The van der Waals surface area contributed by atoms with E-state index in [0.29, 0.717) is 12.0 Å². The fourth-order valence-corrected chi connectivity index (χ4v) is 3.16. The molecule has 1 unspecified atom stereocenters. The highest BCUT2D eigenvalue weighted by atomic mass is 16.2. The van der Waals surface area contributed by atoms with Crippen LogP contribution in [0.5, 0.6) is 0 Å². The van der Waals surface area contributed by atoms with Crippen molar-refractivity contribution in [1.82, 2.24) is 9.88 Å². The van der Waals surface area contributed by atoms with Gasteiger partial charge in [-0.1, -0.05) is 36.4 Å². The minimum absolute atomic E-state index is 0.130. The van der Waals surface area contributed by atoms with Crippen molar-refractivity contribution in [3.63, 3.8) is 0 Å². The third-order valence-corrected chi connectivity index (χ3v) is 4.83. The summed E-state index contributed by atoms with van der Waals surface area (Å²) >= 11 is 0. The molecule has 0 N–H and O–H groups in total. The van der Waals surface area contributed by atoms with Crippen LogP contribution in [0.1, 0.15) is 42.7 Å². The van der Waals surface area contributed by atoms with Crippen molar-refractivity contribution in [1.29, 1.82) is 0 Å². The van der Waals surface area contributed by atoms with Gasteiger partial charge in [0.1, 0.15) is 0 Å². The van der Waals surface area contributed by atoms with Crippen LogP contribution in [0, 0.1) is 0 Å². The predicted octanol–water partition coefficient (Wildman–Crippen LogP) is 3.59. The van der Waals surface area contributed by atoms with E-state index >= 15 is 0 Å². The van der Waals surface area contributed by atoms with Crippen LogP contribution in [-0.4, -0.2) is 28.9 Å². The molecule has 1 aromatic heterocycles. The molecule has 0 radical (unpaired) electrons. The maximum Gasteiger partial charge on any atom is 0.229 e. The summed E-state index contributed by atoms with van der Waals surface area (Å²) in [6, 6.07) is 14.8. The lowest BCUT2D eigenvalue weighted by molar-refractivity contribution is -0.135. The first-order chi connectivity index (χ1) is 10.7. The Bertz CT molecular complexity index is 620. The van der Waals surface area contributed by atoms with Crippen molar-refractivity contribution >= 4 is 5.91 Å². The van der Waals surface area contributed by atoms with Crippen LogP contribution in [-0.2, 0) is 4.79 Å². The van der Waals surface area contributed by atoms with E-state index in [1.54, 1.807) is 12.4 Å². The van der Waals surface area contributed by atoms with E-state index in [1.165, 1.54) is 5.56 Å². The largest absolute Gasteiger partial charge is 0.342 e. The Balaban J connectivity index is 1.59. The Labute approximate surface area is 132 Å². The van der Waals surface area contributed by atoms with Crippen LogP contribution in [0.2, 0.25) is 0 Å². The van der Waals surface area contributed by atoms with Crippen molar-refractivity contribution in [2.75, 3.05) is 7.05 Å². The second-order valence-electron chi connectivity index (χ2n) is 6.19. The molecule has 1 aliphatic carbocycles. The van der Waals surface area contributed by atoms with E-state index in [2.05, 4.69) is 29.2 Å². The summed E-state index contributed by atoms with van der Waals surface area (Å²) in [5.41, 5.74) is 2.37. The molecule has 1 heterocycles. The number of likely N-dealkylation sites (N-methyl/N-ethyl adjacent to an activating group) is 1. The topological polar surface area (TPSA) is 33.2 Å². The average molecular weight is 294 g/mol. The molecule has 2 aromatic rings. The number of amides is 1. The number of pyridine rings is 1. The zero-order valence-corrected chi connectivity index (χ0v) is 13.1. The number of benzene rings is 1. The van der Waals surface area contributed by atoms with Gasteiger partial charge in [0.15, 0.2) is 0 Å². The van der Waals surface area contributed by atoms with E-state index in [1.807, 2.05) is 37.1 Å². The van der Waals surface area contributed by atoms with Gasteiger partial charge in [0.2, 0.25) is 5.91 Å². The third-order valence-electron chi connectivity index (χ3n) is 4.83. The number of hydrogen-bond donors (Lipinski definition) is 0. The van der Waals surface area contributed by atoms with Crippen LogP contribution >= 0.6 is 0 Å². The fourth-order valence-electron chi connectivity index (χ4n) is 3.16. The summed E-state index contributed by atoms with van der Waals surface area (Å²) < 4.78 is 0. The first kappa shape index (κ1) is 14.8. The highest BCUT2D eigenvalue weighted by Crippen LogP contribution is 2.39.